The van der Waals surface area contributed by atoms with Crippen molar-refractivity contribution in [3.8, 4) is 5.75 Å². The van der Waals surface area contributed by atoms with Gasteiger partial charge in [0, 0.05) is 29.1 Å². The molecule has 3 aromatic rings. The van der Waals surface area contributed by atoms with Crippen LogP contribution in [-0.2, 0) is 6.42 Å². The summed E-state index contributed by atoms with van der Waals surface area (Å²) in [4.78, 5) is 17.0. The lowest BCUT2D eigenvalue weighted by Crippen LogP contribution is -2.01. The van der Waals surface area contributed by atoms with Gasteiger partial charge in [-0.25, -0.2) is 4.98 Å². The van der Waals surface area contributed by atoms with E-state index in [2.05, 4.69) is 11.9 Å². The Bertz CT molecular complexity index is 835. The Hall–Kier alpha value is -2.62. The van der Waals surface area contributed by atoms with E-state index < -0.39 is 0 Å². The Morgan fingerprint density at radius 1 is 1.27 bits per heavy atom. The van der Waals surface area contributed by atoms with Gasteiger partial charge in [0.25, 0.3) is 0 Å². The molecule has 0 aliphatic rings. The molecule has 112 valence electrons. The van der Waals surface area contributed by atoms with Gasteiger partial charge in [-0.05, 0) is 13.3 Å². The fraction of sp³-hybridized carbons (Fsp3) is 0.222. The summed E-state index contributed by atoms with van der Waals surface area (Å²) in [5.74, 6) is 0.748. The normalized spacial score (nSPS) is 10.9. The van der Waals surface area contributed by atoms with Crippen molar-refractivity contribution in [3.63, 3.8) is 0 Å². The molecule has 0 saturated heterocycles. The first-order valence-electron chi connectivity index (χ1n) is 7.31. The Kier molecular flexibility index (Phi) is 3.67. The van der Waals surface area contributed by atoms with Gasteiger partial charge in [0.1, 0.15) is 17.1 Å². The SMILES string of the molecule is CCc1c(OC)cc2nc(C(=O)c3ccccc3)cn2c1C. The molecule has 3 rings (SSSR count). The number of benzene rings is 1. The maximum absolute atomic E-state index is 12.5. The monoisotopic (exact) mass is 294 g/mol. The van der Waals surface area contributed by atoms with Crippen molar-refractivity contribution in [2.24, 2.45) is 0 Å². The first-order valence-corrected chi connectivity index (χ1v) is 7.31. The Morgan fingerprint density at radius 2 is 2.00 bits per heavy atom. The Morgan fingerprint density at radius 3 is 2.64 bits per heavy atom. The molecule has 0 saturated carbocycles. The zero-order chi connectivity index (χ0) is 15.7. The molecule has 0 aliphatic carbocycles. The third-order valence-corrected chi connectivity index (χ3v) is 3.93. The van der Waals surface area contributed by atoms with E-state index in [9.17, 15) is 4.79 Å². The maximum atomic E-state index is 12.5. The zero-order valence-electron chi connectivity index (χ0n) is 13.0. The van der Waals surface area contributed by atoms with Crippen molar-refractivity contribution in [3.05, 3.63) is 65.1 Å². The summed E-state index contributed by atoms with van der Waals surface area (Å²) in [5.41, 5.74) is 4.00. The molecular weight excluding hydrogens is 276 g/mol. The van der Waals surface area contributed by atoms with E-state index >= 15 is 0 Å². The zero-order valence-corrected chi connectivity index (χ0v) is 13.0. The first kappa shape index (κ1) is 14.3. The lowest BCUT2D eigenvalue weighted by atomic mass is 10.1. The summed E-state index contributed by atoms with van der Waals surface area (Å²) < 4.78 is 7.40. The van der Waals surface area contributed by atoms with E-state index in [0.29, 0.717) is 11.3 Å². The van der Waals surface area contributed by atoms with Crippen LogP contribution in [0.15, 0.2) is 42.6 Å². The minimum Gasteiger partial charge on any atom is -0.496 e. The van der Waals surface area contributed by atoms with Crippen molar-refractivity contribution in [2.75, 3.05) is 7.11 Å². The van der Waals surface area contributed by atoms with Crippen molar-refractivity contribution in [1.82, 2.24) is 9.38 Å². The summed E-state index contributed by atoms with van der Waals surface area (Å²) in [7, 11) is 1.66. The van der Waals surface area contributed by atoms with Gasteiger partial charge in [-0.1, -0.05) is 37.3 Å². The van der Waals surface area contributed by atoms with Gasteiger partial charge >= 0.3 is 0 Å². The second-order valence-electron chi connectivity index (χ2n) is 5.18. The molecule has 0 aliphatic heterocycles. The molecule has 0 bridgehead atoms. The van der Waals surface area contributed by atoms with E-state index in [-0.39, 0.29) is 5.78 Å². The van der Waals surface area contributed by atoms with Crippen LogP contribution >= 0.6 is 0 Å². The van der Waals surface area contributed by atoms with Crippen LogP contribution in [0.1, 0.15) is 34.2 Å². The number of ketones is 1. The highest BCUT2D eigenvalue weighted by atomic mass is 16.5. The van der Waals surface area contributed by atoms with Gasteiger partial charge in [0.15, 0.2) is 0 Å². The van der Waals surface area contributed by atoms with Crippen LogP contribution in [0, 0.1) is 6.92 Å². The smallest absolute Gasteiger partial charge is 0.212 e. The maximum Gasteiger partial charge on any atom is 0.212 e. The van der Waals surface area contributed by atoms with Crippen molar-refractivity contribution < 1.29 is 9.53 Å². The van der Waals surface area contributed by atoms with Gasteiger partial charge in [0.05, 0.1) is 7.11 Å². The summed E-state index contributed by atoms with van der Waals surface area (Å²) >= 11 is 0. The molecular formula is C18H18N2O2. The molecule has 2 heterocycles. The standard InChI is InChI=1S/C18H18N2O2/c1-4-14-12(2)20-11-15(19-17(20)10-16(14)22-3)18(21)13-8-6-5-7-9-13/h5-11H,4H2,1-3H3. The molecule has 0 radical (unpaired) electrons. The van der Waals surface area contributed by atoms with Gasteiger partial charge in [-0.15, -0.1) is 0 Å². The van der Waals surface area contributed by atoms with Crippen LogP contribution in [-0.4, -0.2) is 22.3 Å². The average molecular weight is 294 g/mol. The van der Waals surface area contributed by atoms with E-state index in [4.69, 9.17) is 4.74 Å². The van der Waals surface area contributed by atoms with E-state index in [0.717, 1.165) is 29.1 Å². The minimum absolute atomic E-state index is 0.0688. The quantitative estimate of drug-likeness (QED) is 0.692. The predicted octanol–water partition coefficient (Wildman–Crippen LogP) is 3.44. The topological polar surface area (TPSA) is 43.6 Å². The van der Waals surface area contributed by atoms with Crippen LogP contribution < -0.4 is 4.74 Å². The number of imidazole rings is 1. The molecule has 0 atom stereocenters. The number of fused-ring (bicyclic) bond motifs is 1. The number of carbonyl (C=O) groups excluding carboxylic acids is 1. The third-order valence-electron chi connectivity index (χ3n) is 3.93. The van der Waals surface area contributed by atoms with Crippen molar-refractivity contribution in [1.29, 1.82) is 0 Å². The second kappa shape index (κ2) is 5.64. The van der Waals surface area contributed by atoms with Crippen molar-refractivity contribution in [2.45, 2.75) is 20.3 Å². The number of ether oxygens (including phenoxy) is 1. The Balaban J connectivity index is 2.14. The summed E-state index contributed by atoms with van der Waals surface area (Å²) in [6.07, 6.45) is 2.67. The second-order valence-corrected chi connectivity index (χ2v) is 5.18. The van der Waals surface area contributed by atoms with E-state index in [1.807, 2.05) is 35.6 Å². The van der Waals surface area contributed by atoms with E-state index in [1.54, 1.807) is 25.4 Å². The highest BCUT2D eigenvalue weighted by Crippen LogP contribution is 2.26. The highest BCUT2D eigenvalue weighted by molar-refractivity contribution is 6.08. The largest absolute Gasteiger partial charge is 0.496 e. The number of hydrogen-bond donors (Lipinski definition) is 0. The molecule has 0 spiro atoms. The van der Waals surface area contributed by atoms with Crippen LogP contribution in [0.3, 0.4) is 0 Å². The number of pyridine rings is 1. The average Bonchev–Trinajstić information content (AvgIpc) is 2.99. The first-order chi connectivity index (χ1) is 10.7. The fourth-order valence-corrected chi connectivity index (χ4v) is 2.75. The molecule has 0 amide bonds. The summed E-state index contributed by atoms with van der Waals surface area (Å²) in [6.45, 7) is 4.11. The van der Waals surface area contributed by atoms with Gasteiger partial charge in [-0.2, -0.15) is 0 Å². The summed E-state index contributed by atoms with van der Waals surface area (Å²) in [5, 5.41) is 0. The van der Waals surface area contributed by atoms with Gasteiger partial charge in [-0.3, -0.25) is 4.79 Å². The molecule has 4 heteroatoms. The lowest BCUT2D eigenvalue weighted by Gasteiger charge is -2.11. The number of methoxy groups -OCH3 is 1. The van der Waals surface area contributed by atoms with Crippen LogP contribution in [0.4, 0.5) is 0 Å². The number of nitrogens with zero attached hydrogens (tertiary/aromatic N) is 2. The third kappa shape index (κ3) is 2.26. The number of aromatic nitrogens is 2. The predicted molar refractivity (Wildman–Crippen MR) is 85.7 cm³/mol. The molecule has 4 nitrogen and oxygen atoms in total. The number of hydrogen-bond acceptors (Lipinski definition) is 3. The lowest BCUT2D eigenvalue weighted by molar-refractivity contribution is 0.103. The van der Waals surface area contributed by atoms with E-state index in [1.165, 1.54) is 0 Å². The fourth-order valence-electron chi connectivity index (χ4n) is 2.75. The van der Waals surface area contributed by atoms with Crippen molar-refractivity contribution >= 4 is 11.4 Å². The molecule has 2 aromatic heterocycles. The minimum atomic E-state index is -0.0688. The van der Waals surface area contributed by atoms with Crippen LogP contribution in [0.5, 0.6) is 5.75 Å². The van der Waals surface area contributed by atoms with Crippen LogP contribution in [0.2, 0.25) is 0 Å². The molecule has 1 aromatic carbocycles. The molecule has 22 heavy (non-hydrogen) atoms. The summed E-state index contributed by atoms with van der Waals surface area (Å²) in [6, 6.07) is 11.1. The Labute approximate surface area is 129 Å². The van der Waals surface area contributed by atoms with Crippen LogP contribution in [0.25, 0.3) is 5.65 Å². The molecule has 0 N–H and O–H groups in total. The molecule has 0 unspecified atom stereocenters. The number of carbonyl (C=O) groups is 1. The van der Waals surface area contributed by atoms with Gasteiger partial charge < -0.3 is 9.14 Å². The van der Waals surface area contributed by atoms with Gasteiger partial charge in [0.2, 0.25) is 5.78 Å². The highest BCUT2D eigenvalue weighted by Gasteiger charge is 2.16. The number of rotatable bonds is 4. The number of aryl methyl sites for hydroxylation is 1. The molecule has 0 fully saturated rings.